The highest BCUT2D eigenvalue weighted by Gasteiger charge is 2.23. The zero-order chi connectivity index (χ0) is 26.8. The third-order valence-corrected chi connectivity index (χ3v) is 8.92. The second-order valence-electron chi connectivity index (χ2n) is 8.45. The summed E-state index contributed by atoms with van der Waals surface area (Å²) in [6.07, 6.45) is 5.28. The van der Waals surface area contributed by atoms with E-state index in [9.17, 15) is 19.7 Å². The predicted octanol–water partition coefficient (Wildman–Crippen LogP) is 5.89. The molecule has 0 bridgehead atoms. The van der Waals surface area contributed by atoms with Crippen LogP contribution in [0.5, 0.6) is 0 Å². The fraction of sp³-hybridized carbons (Fsp3) is 0.200. The van der Waals surface area contributed by atoms with E-state index in [2.05, 4.69) is 26.5 Å². The largest absolute Gasteiger partial charge is 0.288 e. The number of thiophene rings is 1. The summed E-state index contributed by atoms with van der Waals surface area (Å²) in [4.78, 5) is 43.5. The first kappa shape index (κ1) is 26.5. The predicted molar refractivity (Wildman–Crippen MR) is 154 cm³/mol. The third-order valence-electron chi connectivity index (χ3n) is 5.95. The monoisotopic (exact) mass is 631 g/mol. The Balaban J connectivity index is 1.39. The molecular weight excluding hydrogens is 614 g/mol. The minimum Gasteiger partial charge on any atom is -0.272 e. The number of aryl methyl sites for hydroxylation is 2. The summed E-state index contributed by atoms with van der Waals surface area (Å²) in [6.45, 7) is 0. The molecule has 38 heavy (non-hydrogen) atoms. The van der Waals surface area contributed by atoms with Crippen LogP contribution >= 0.6 is 50.6 Å². The molecule has 1 aliphatic rings. The van der Waals surface area contributed by atoms with E-state index in [4.69, 9.17) is 16.6 Å². The Labute approximate surface area is 238 Å². The van der Waals surface area contributed by atoms with Gasteiger partial charge >= 0.3 is 0 Å². The van der Waals surface area contributed by atoms with Crippen molar-refractivity contribution < 1.29 is 9.72 Å². The molecule has 13 heteroatoms. The van der Waals surface area contributed by atoms with E-state index in [-0.39, 0.29) is 22.0 Å². The van der Waals surface area contributed by atoms with Crippen LogP contribution in [-0.2, 0) is 17.6 Å². The molecule has 5 rings (SSSR count). The van der Waals surface area contributed by atoms with E-state index >= 15 is 0 Å². The van der Waals surface area contributed by atoms with Gasteiger partial charge in [0.1, 0.15) is 9.85 Å². The number of nitro groups is 1. The Morgan fingerprint density at radius 2 is 2.03 bits per heavy atom. The summed E-state index contributed by atoms with van der Waals surface area (Å²) >= 11 is 12.0. The van der Waals surface area contributed by atoms with Crippen molar-refractivity contribution in [2.24, 2.45) is 5.10 Å². The molecule has 0 radical (unpaired) electrons. The molecule has 4 aromatic rings. The van der Waals surface area contributed by atoms with Gasteiger partial charge in [0.05, 0.1) is 28.0 Å². The van der Waals surface area contributed by atoms with Crippen LogP contribution in [0.3, 0.4) is 0 Å². The molecule has 1 amide bonds. The lowest BCUT2D eigenvalue weighted by atomic mass is 9.97. The van der Waals surface area contributed by atoms with E-state index in [1.54, 1.807) is 22.0 Å². The van der Waals surface area contributed by atoms with Gasteiger partial charge in [-0.2, -0.15) is 5.10 Å². The van der Waals surface area contributed by atoms with E-state index in [0.29, 0.717) is 26.6 Å². The number of halogens is 2. The number of nitrogens with one attached hydrogen (secondary N) is 1. The van der Waals surface area contributed by atoms with Gasteiger partial charge < -0.3 is 0 Å². The fourth-order valence-corrected chi connectivity index (χ4v) is 6.75. The molecule has 2 aromatic carbocycles. The zero-order valence-electron chi connectivity index (χ0n) is 19.6. The third kappa shape index (κ3) is 5.53. The molecule has 0 spiro atoms. The summed E-state index contributed by atoms with van der Waals surface area (Å²) in [5.41, 5.74) is 4.20. The maximum Gasteiger partial charge on any atom is 0.288 e. The molecule has 0 saturated heterocycles. The Morgan fingerprint density at radius 1 is 1.26 bits per heavy atom. The molecule has 2 aromatic heterocycles. The molecule has 1 aliphatic carbocycles. The summed E-state index contributed by atoms with van der Waals surface area (Å²) < 4.78 is 2.44. The quantitative estimate of drug-likeness (QED) is 0.0892. The normalized spacial score (nSPS) is 13.1. The topological polar surface area (TPSA) is 119 Å². The number of rotatable bonds is 7. The first-order chi connectivity index (χ1) is 18.3. The second kappa shape index (κ2) is 11.4. The number of nitro benzene ring substituents is 1. The summed E-state index contributed by atoms with van der Waals surface area (Å²) in [5.74, 6) is -0.464. The van der Waals surface area contributed by atoms with Crippen LogP contribution in [0.15, 0.2) is 62.0 Å². The lowest BCUT2D eigenvalue weighted by Crippen LogP contribution is -2.24. The zero-order valence-corrected chi connectivity index (χ0v) is 23.6. The van der Waals surface area contributed by atoms with E-state index in [1.165, 1.54) is 23.2 Å². The number of hydrogen-bond acceptors (Lipinski definition) is 8. The minimum absolute atomic E-state index is 0.0143. The molecular formula is C25H19BrClN5O4S2. The van der Waals surface area contributed by atoms with Gasteiger partial charge in [-0.15, -0.1) is 11.3 Å². The Kier molecular flexibility index (Phi) is 7.93. The van der Waals surface area contributed by atoms with Crippen molar-refractivity contribution in [1.29, 1.82) is 0 Å². The number of amides is 1. The molecule has 0 atom stereocenters. The Morgan fingerprint density at radius 3 is 2.79 bits per heavy atom. The number of aromatic nitrogens is 2. The summed E-state index contributed by atoms with van der Waals surface area (Å²) in [7, 11) is 0. The number of thioether (sulfide) groups is 1. The van der Waals surface area contributed by atoms with Crippen molar-refractivity contribution in [3.63, 3.8) is 0 Å². The van der Waals surface area contributed by atoms with Crippen molar-refractivity contribution in [3.8, 4) is 5.69 Å². The highest BCUT2D eigenvalue weighted by atomic mass is 79.9. The lowest BCUT2D eigenvalue weighted by molar-refractivity contribution is -0.384. The number of hydrazone groups is 1. The number of nitrogens with zero attached hydrogens (tertiary/aromatic N) is 4. The number of hydrogen-bond donors (Lipinski definition) is 1. The van der Waals surface area contributed by atoms with Crippen LogP contribution in [0.25, 0.3) is 15.9 Å². The highest BCUT2D eigenvalue weighted by molar-refractivity contribution is 9.10. The molecule has 0 fully saturated rings. The highest BCUT2D eigenvalue weighted by Crippen LogP contribution is 2.35. The maximum absolute atomic E-state index is 13.8. The van der Waals surface area contributed by atoms with Crippen LogP contribution in [0, 0.1) is 10.1 Å². The van der Waals surface area contributed by atoms with Crippen molar-refractivity contribution in [2.75, 3.05) is 5.75 Å². The van der Waals surface area contributed by atoms with Gasteiger partial charge in [-0.05, 0) is 61.6 Å². The van der Waals surface area contributed by atoms with Crippen LogP contribution < -0.4 is 11.0 Å². The summed E-state index contributed by atoms with van der Waals surface area (Å²) in [5, 5.41) is 16.0. The first-order valence-electron chi connectivity index (χ1n) is 11.5. The SMILES string of the molecule is O=C(CSc1nc2sc3c(c2c(=O)n1-c1ccc(Br)cc1)CCCC3)NN=Cc1ccc(Cl)c([N+](=O)[O-])c1. The molecule has 2 heterocycles. The van der Waals surface area contributed by atoms with E-state index in [1.807, 2.05) is 24.3 Å². The number of carbonyl (C=O) groups excluding carboxylic acids is 1. The van der Waals surface area contributed by atoms with Gasteiger partial charge in [0.25, 0.3) is 17.2 Å². The molecule has 0 saturated carbocycles. The van der Waals surface area contributed by atoms with Gasteiger partial charge in [0, 0.05) is 21.0 Å². The second-order valence-corrected chi connectivity index (χ2v) is 11.8. The standard InChI is InChI=1S/C25H19BrClN5O4S2/c26-15-6-8-16(9-7-15)31-24(34)22-17-3-1-2-4-20(17)38-23(22)29-25(31)37-13-21(33)30-28-12-14-5-10-18(27)19(11-14)32(35)36/h5-12H,1-4,13H2,(H,30,33). The van der Waals surface area contributed by atoms with E-state index in [0.717, 1.165) is 47.5 Å². The van der Waals surface area contributed by atoms with Gasteiger partial charge in [-0.1, -0.05) is 45.4 Å². The number of fused-ring (bicyclic) bond motifs is 3. The van der Waals surface area contributed by atoms with Crippen molar-refractivity contribution in [1.82, 2.24) is 15.0 Å². The van der Waals surface area contributed by atoms with Crippen molar-refractivity contribution in [2.45, 2.75) is 30.8 Å². The van der Waals surface area contributed by atoms with Crippen molar-refractivity contribution >= 4 is 78.7 Å². The fourth-order valence-electron chi connectivity index (χ4n) is 4.19. The summed E-state index contributed by atoms with van der Waals surface area (Å²) in [6, 6.07) is 11.6. The lowest BCUT2D eigenvalue weighted by Gasteiger charge is -2.13. The van der Waals surface area contributed by atoms with E-state index < -0.39 is 10.8 Å². The van der Waals surface area contributed by atoms with Gasteiger partial charge in [-0.25, -0.2) is 10.4 Å². The number of benzene rings is 2. The molecule has 0 aliphatic heterocycles. The van der Waals surface area contributed by atoms with Crippen LogP contribution in [0.4, 0.5) is 5.69 Å². The molecule has 9 nitrogen and oxygen atoms in total. The smallest absolute Gasteiger partial charge is 0.272 e. The molecule has 194 valence electrons. The van der Waals surface area contributed by atoms with Gasteiger partial charge in [0.2, 0.25) is 0 Å². The van der Waals surface area contributed by atoms with Crippen molar-refractivity contribution in [3.05, 3.63) is 88.4 Å². The average molecular weight is 633 g/mol. The molecule has 1 N–H and O–H groups in total. The average Bonchev–Trinajstić information content (AvgIpc) is 3.28. The van der Waals surface area contributed by atoms with Crippen LogP contribution in [0.1, 0.15) is 28.8 Å². The Hall–Kier alpha value is -3.06. The molecule has 0 unspecified atom stereocenters. The maximum atomic E-state index is 13.8. The minimum atomic E-state index is -0.590. The van der Waals surface area contributed by atoms with Gasteiger partial charge in [0.15, 0.2) is 5.16 Å². The van der Waals surface area contributed by atoms with Crippen LogP contribution in [0.2, 0.25) is 5.02 Å². The van der Waals surface area contributed by atoms with Gasteiger partial charge in [-0.3, -0.25) is 24.3 Å². The first-order valence-corrected chi connectivity index (χ1v) is 14.5. The van der Waals surface area contributed by atoms with Crippen LogP contribution in [-0.4, -0.2) is 32.3 Å². The number of carbonyl (C=O) groups is 1. The Bertz CT molecular complexity index is 1650.